The van der Waals surface area contributed by atoms with Crippen molar-refractivity contribution in [1.82, 2.24) is 0 Å². The predicted octanol–water partition coefficient (Wildman–Crippen LogP) is -0.125. The Morgan fingerprint density at radius 3 is 2.00 bits per heavy atom. The molecule has 7 nitrogen and oxygen atoms in total. The first-order valence-corrected chi connectivity index (χ1v) is 9.12. The van der Waals surface area contributed by atoms with Crippen LogP contribution in [0.25, 0.3) is 0 Å². The smallest absolute Gasteiger partial charge is 0.264 e. The second kappa shape index (κ2) is 5.83. The molecule has 0 aromatic carbocycles. The quantitative estimate of drug-likeness (QED) is 0.653. The molecule has 1 fully saturated rings. The van der Waals surface area contributed by atoms with Crippen LogP contribution in [0, 0.1) is 0 Å². The Kier molecular flexibility index (Phi) is 5.13. The van der Waals surface area contributed by atoms with Gasteiger partial charge in [-0.05, 0) is 6.42 Å². The minimum absolute atomic E-state index is 0.00817. The van der Waals surface area contributed by atoms with Crippen molar-refractivity contribution in [1.29, 1.82) is 0 Å². The Morgan fingerprint density at radius 2 is 1.56 bits per heavy atom. The highest BCUT2D eigenvalue weighted by molar-refractivity contribution is 7.86. The maximum absolute atomic E-state index is 11.1. The highest BCUT2D eigenvalue weighted by Gasteiger charge is 2.36. The van der Waals surface area contributed by atoms with E-state index < -0.39 is 32.4 Å². The van der Waals surface area contributed by atoms with Crippen LogP contribution in [0.4, 0.5) is 0 Å². The molecule has 3 atom stereocenters. The van der Waals surface area contributed by atoms with Gasteiger partial charge < -0.3 is 4.74 Å². The van der Waals surface area contributed by atoms with Crippen LogP contribution in [0.5, 0.6) is 0 Å². The van der Waals surface area contributed by atoms with Gasteiger partial charge in [-0.25, -0.2) is 0 Å². The minimum atomic E-state index is -3.69. The summed E-state index contributed by atoms with van der Waals surface area (Å²) < 4.78 is 59.5. The Balaban J connectivity index is 2.80. The van der Waals surface area contributed by atoms with Gasteiger partial charge in [-0.1, -0.05) is 6.92 Å². The first kappa shape index (κ1) is 15.8. The molecule has 0 radical (unpaired) electrons. The van der Waals surface area contributed by atoms with Crippen molar-refractivity contribution < 1.29 is 29.9 Å². The van der Waals surface area contributed by atoms with Gasteiger partial charge >= 0.3 is 0 Å². The standard InChI is InChI=1S/C9H18O7S2/c1-4-7-5-8(15-17(2,10)11)9(6-14-7)16-18(3,12)13/h7-9H,4-6H2,1-3H3/t7-,8-,9+/m0/s1. The van der Waals surface area contributed by atoms with E-state index in [2.05, 4.69) is 0 Å². The lowest BCUT2D eigenvalue weighted by atomic mass is 10.0. The van der Waals surface area contributed by atoms with E-state index in [0.29, 0.717) is 6.42 Å². The molecule has 0 aromatic heterocycles. The van der Waals surface area contributed by atoms with Crippen molar-refractivity contribution in [3.63, 3.8) is 0 Å². The SMILES string of the molecule is CC[C@H]1C[C@H](OS(C)(=O)=O)[C@H](OS(C)(=O)=O)CO1. The fourth-order valence-corrected chi connectivity index (χ4v) is 3.02. The highest BCUT2D eigenvalue weighted by Crippen LogP contribution is 2.24. The summed E-state index contributed by atoms with van der Waals surface area (Å²) in [5, 5.41) is 0. The lowest BCUT2D eigenvalue weighted by molar-refractivity contribution is -0.0990. The van der Waals surface area contributed by atoms with E-state index in [1.165, 1.54) is 0 Å². The molecule has 1 aliphatic rings. The summed E-state index contributed by atoms with van der Waals surface area (Å²) in [7, 11) is -7.37. The van der Waals surface area contributed by atoms with Crippen molar-refractivity contribution in [2.24, 2.45) is 0 Å². The third-order valence-electron chi connectivity index (χ3n) is 2.46. The Bertz CT molecular complexity index is 467. The monoisotopic (exact) mass is 302 g/mol. The molecule has 0 spiro atoms. The van der Waals surface area contributed by atoms with Gasteiger partial charge in [-0.3, -0.25) is 8.37 Å². The lowest BCUT2D eigenvalue weighted by Crippen LogP contribution is -2.45. The van der Waals surface area contributed by atoms with E-state index in [4.69, 9.17) is 13.1 Å². The molecule has 9 heteroatoms. The van der Waals surface area contributed by atoms with Crippen LogP contribution in [0.3, 0.4) is 0 Å². The first-order chi connectivity index (χ1) is 8.11. The van der Waals surface area contributed by atoms with E-state index in [-0.39, 0.29) is 19.1 Å². The van der Waals surface area contributed by atoms with Crippen molar-refractivity contribution in [3.8, 4) is 0 Å². The van der Waals surface area contributed by atoms with Crippen LogP contribution in [0.1, 0.15) is 19.8 Å². The average Bonchev–Trinajstić information content (AvgIpc) is 2.16. The minimum Gasteiger partial charge on any atom is -0.375 e. The van der Waals surface area contributed by atoms with Crippen LogP contribution in [-0.4, -0.2) is 54.3 Å². The van der Waals surface area contributed by atoms with Crippen molar-refractivity contribution in [2.75, 3.05) is 19.1 Å². The molecule has 108 valence electrons. The number of rotatable bonds is 5. The molecule has 0 saturated carbocycles. The Labute approximate surface area is 108 Å². The van der Waals surface area contributed by atoms with Gasteiger partial charge in [0.25, 0.3) is 20.2 Å². The topological polar surface area (TPSA) is 96.0 Å². The van der Waals surface area contributed by atoms with Gasteiger partial charge in [0.1, 0.15) is 12.2 Å². The molecule has 1 heterocycles. The number of hydrogen-bond acceptors (Lipinski definition) is 7. The van der Waals surface area contributed by atoms with Crippen LogP contribution in [-0.2, 0) is 33.3 Å². The molecule has 0 aromatic rings. The summed E-state index contributed by atoms with van der Waals surface area (Å²) in [5.74, 6) is 0. The summed E-state index contributed by atoms with van der Waals surface area (Å²) in [5.41, 5.74) is 0. The largest absolute Gasteiger partial charge is 0.375 e. The third kappa shape index (κ3) is 5.61. The van der Waals surface area contributed by atoms with E-state index in [0.717, 1.165) is 12.5 Å². The summed E-state index contributed by atoms with van der Waals surface area (Å²) in [6.45, 7) is 1.88. The average molecular weight is 302 g/mol. The summed E-state index contributed by atoms with van der Waals surface area (Å²) in [4.78, 5) is 0. The van der Waals surface area contributed by atoms with Crippen molar-refractivity contribution >= 4 is 20.2 Å². The van der Waals surface area contributed by atoms with Gasteiger partial charge in [0.2, 0.25) is 0 Å². The van der Waals surface area contributed by atoms with Gasteiger partial charge in [0, 0.05) is 6.42 Å². The molecular weight excluding hydrogens is 284 g/mol. The van der Waals surface area contributed by atoms with Crippen LogP contribution in [0.15, 0.2) is 0 Å². The maximum Gasteiger partial charge on any atom is 0.264 e. The predicted molar refractivity (Wildman–Crippen MR) is 64.1 cm³/mol. The molecule has 18 heavy (non-hydrogen) atoms. The van der Waals surface area contributed by atoms with E-state index in [1.807, 2.05) is 6.92 Å². The molecule has 1 rings (SSSR count). The van der Waals surface area contributed by atoms with E-state index in [9.17, 15) is 16.8 Å². The zero-order valence-electron chi connectivity index (χ0n) is 10.5. The highest BCUT2D eigenvalue weighted by atomic mass is 32.2. The molecule has 0 amide bonds. The van der Waals surface area contributed by atoms with E-state index in [1.54, 1.807) is 0 Å². The van der Waals surface area contributed by atoms with Gasteiger partial charge in [-0.2, -0.15) is 16.8 Å². The Morgan fingerprint density at radius 1 is 1.06 bits per heavy atom. The maximum atomic E-state index is 11.1. The molecule has 0 aliphatic carbocycles. The van der Waals surface area contributed by atoms with Crippen LogP contribution in [0.2, 0.25) is 0 Å². The van der Waals surface area contributed by atoms with Crippen LogP contribution >= 0.6 is 0 Å². The molecule has 0 unspecified atom stereocenters. The lowest BCUT2D eigenvalue weighted by Gasteiger charge is -2.33. The molecule has 1 saturated heterocycles. The first-order valence-electron chi connectivity index (χ1n) is 5.49. The zero-order valence-corrected chi connectivity index (χ0v) is 12.2. The van der Waals surface area contributed by atoms with Gasteiger partial charge in [0.05, 0.1) is 25.2 Å². The van der Waals surface area contributed by atoms with Crippen LogP contribution < -0.4 is 0 Å². The van der Waals surface area contributed by atoms with Crippen molar-refractivity contribution in [2.45, 2.75) is 38.1 Å². The Hall–Kier alpha value is -0.220. The second-order valence-electron chi connectivity index (χ2n) is 4.28. The van der Waals surface area contributed by atoms with Crippen molar-refractivity contribution in [3.05, 3.63) is 0 Å². The fraction of sp³-hybridized carbons (Fsp3) is 1.00. The number of hydrogen-bond donors (Lipinski definition) is 0. The third-order valence-corrected chi connectivity index (χ3v) is 3.65. The number of ether oxygens (including phenoxy) is 1. The van der Waals surface area contributed by atoms with E-state index >= 15 is 0 Å². The van der Waals surface area contributed by atoms with Gasteiger partial charge in [0.15, 0.2) is 0 Å². The summed E-state index contributed by atoms with van der Waals surface area (Å²) in [6.07, 6.45) is 0.859. The fourth-order valence-electron chi connectivity index (χ4n) is 1.74. The molecule has 1 aliphatic heterocycles. The molecule has 0 N–H and O–H groups in total. The zero-order chi connectivity index (χ0) is 14.0. The molecule has 0 bridgehead atoms. The molecular formula is C9H18O7S2. The second-order valence-corrected chi connectivity index (χ2v) is 7.48. The van der Waals surface area contributed by atoms with Gasteiger partial charge in [-0.15, -0.1) is 0 Å². The summed E-state index contributed by atoms with van der Waals surface area (Å²) in [6, 6.07) is 0. The normalized spacial score (nSPS) is 30.3. The summed E-state index contributed by atoms with van der Waals surface area (Å²) >= 11 is 0.